The van der Waals surface area contributed by atoms with Gasteiger partial charge in [0.05, 0.1) is 5.39 Å². The lowest BCUT2D eigenvalue weighted by molar-refractivity contribution is -0.114. The van der Waals surface area contributed by atoms with Gasteiger partial charge in [-0.1, -0.05) is 32.0 Å². The van der Waals surface area contributed by atoms with Gasteiger partial charge in [0.25, 0.3) is 5.56 Å². The van der Waals surface area contributed by atoms with Crippen molar-refractivity contribution < 1.29 is 19.1 Å². The fourth-order valence-electron chi connectivity index (χ4n) is 3.08. The van der Waals surface area contributed by atoms with Crippen molar-refractivity contribution in [1.29, 1.82) is 0 Å². The summed E-state index contributed by atoms with van der Waals surface area (Å²) in [5.74, 6) is -1.25. The monoisotopic (exact) mass is 421 g/mol. The zero-order valence-electron chi connectivity index (χ0n) is 17.5. The number of rotatable bonds is 7. The molecule has 3 rings (SSSR count). The second-order valence-corrected chi connectivity index (χ2v) is 7.53. The maximum Gasteiger partial charge on any atom is 0.359 e. The largest absolute Gasteiger partial charge is 0.452 e. The van der Waals surface area contributed by atoms with Crippen LogP contribution in [0, 0.1) is 5.92 Å². The third-order valence-corrected chi connectivity index (χ3v) is 4.46. The second kappa shape index (κ2) is 9.34. The molecule has 1 N–H and O–H groups in total. The van der Waals surface area contributed by atoms with Crippen LogP contribution in [-0.2, 0) is 16.1 Å². The second-order valence-electron chi connectivity index (χ2n) is 7.53. The molecule has 31 heavy (non-hydrogen) atoms. The maximum absolute atomic E-state index is 12.7. The molecule has 0 fully saturated rings. The van der Waals surface area contributed by atoms with Gasteiger partial charge >= 0.3 is 5.97 Å². The molecule has 1 aromatic heterocycles. The first kappa shape index (κ1) is 21.9. The number of benzene rings is 2. The van der Waals surface area contributed by atoms with E-state index in [4.69, 9.17) is 4.74 Å². The molecule has 0 saturated heterocycles. The van der Waals surface area contributed by atoms with E-state index in [2.05, 4.69) is 10.4 Å². The van der Waals surface area contributed by atoms with Gasteiger partial charge in [0.15, 0.2) is 18.1 Å². The van der Waals surface area contributed by atoms with E-state index in [1.165, 1.54) is 23.7 Å². The molecule has 0 unspecified atom stereocenters. The summed E-state index contributed by atoms with van der Waals surface area (Å²) in [6, 6.07) is 12.9. The first-order valence-corrected chi connectivity index (χ1v) is 9.84. The fourth-order valence-corrected chi connectivity index (χ4v) is 3.08. The molecule has 0 aliphatic carbocycles. The minimum absolute atomic E-state index is 0.00958. The molecule has 0 aliphatic heterocycles. The van der Waals surface area contributed by atoms with E-state index in [0.717, 1.165) is 0 Å². The number of nitrogens with one attached hydrogen (secondary N) is 1. The predicted octanol–water partition coefficient (Wildman–Crippen LogP) is 3.05. The fraction of sp³-hybridized carbons (Fsp3) is 0.261. The van der Waals surface area contributed by atoms with Gasteiger partial charge in [-0.05, 0) is 36.2 Å². The van der Waals surface area contributed by atoms with E-state index in [9.17, 15) is 19.2 Å². The van der Waals surface area contributed by atoms with Crippen LogP contribution in [0.15, 0.2) is 53.3 Å². The van der Waals surface area contributed by atoms with Crippen LogP contribution in [0.5, 0.6) is 0 Å². The highest BCUT2D eigenvalue weighted by molar-refractivity contribution is 6.04. The summed E-state index contributed by atoms with van der Waals surface area (Å²) in [6.45, 7) is 5.15. The number of nitrogens with zero attached hydrogens (tertiary/aromatic N) is 2. The van der Waals surface area contributed by atoms with E-state index in [0.29, 0.717) is 28.6 Å². The summed E-state index contributed by atoms with van der Waals surface area (Å²) in [5, 5.41) is 7.56. The van der Waals surface area contributed by atoms with Crippen LogP contribution in [0.4, 0.5) is 5.69 Å². The number of hydrogen-bond acceptors (Lipinski definition) is 6. The number of esters is 1. The van der Waals surface area contributed by atoms with Crippen LogP contribution < -0.4 is 10.9 Å². The quantitative estimate of drug-likeness (QED) is 0.464. The van der Waals surface area contributed by atoms with Gasteiger partial charge in [0.2, 0.25) is 5.91 Å². The van der Waals surface area contributed by atoms with E-state index < -0.39 is 18.4 Å². The molecular weight excluding hydrogens is 398 g/mol. The van der Waals surface area contributed by atoms with Gasteiger partial charge in [-0.3, -0.25) is 14.4 Å². The number of ether oxygens (including phenoxy) is 1. The Morgan fingerprint density at radius 2 is 1.68 bits per heavy atom. The van der Waals surface area contributed by atoms with Gasteiger partial charge < -0.3 is 10.1 Å². The van der Waals surface area contributed by atoms with Crippen LogP contribution >= 0.6 is 0 Å². The Morgan fingerprint density at radius 3 is 2.29 bits per heavy atom. The zero-order chi connectivity index (χ0) is 22.5. The number of hydrogen-bond donors (Lipinski definition) is 1. The summed E-state index contributed by atoms with van der Waals surface area (Å²) >= 11 is 0. The van der Waals surface area contributed by atoms with Gasteiger partial charge in [0.1, 0.15) is 0 Å². The minimum atomic E-state index is -0.781. The predicted molar refractivity (Wildman–Crippen MR) is 116 cm³/mol. The standard InChI is InChI=1S/C23H23N3O5/c1-14(2)12-26-22(29)19-7-5-4-6-18(19)21(25-26)23(30)31-13-20(28)16-8-10-17(11-9-16)24-15(3)27/h4-11,14H,12-13H2,1-3H3,(H,24,27). The van der Waals surface area contributed by atoms with Crippen LogP contribution in [0.1, 0.15) is 41.6 Å². The molecule has 0 spiro atoms. The topological polar surface area (TPSA) is 107 Å². The highest BCUT2D eigenvalue weighted by Gasteiger charge is 2.19. The summed E-state index contributed by atoms with van der Waals surface area (Å²) in [6.07, 6.45) is 0. The lowest BCUT2D eigenvalue weighted by atomic mass is 10.1. The van der Waals surface area contributed by atoms with Gasteiger partial charge in [-0.2, -0.15) is 5.10 Å². The normalized spacial score (nSPS) is 10.8. The molecule has 0 saturated carbocycles. The van der Waals surface area contributed by atoms with Gasteiger partial charge in [-0.15, -0.1) is 0 Å². The molecule has 8 heteroatoms. The molecule has 1 heterocycles. The summed E-state index contributed by atoms with van der Waals surface area (Å²) in [4.78, 5) is 48.9. The molecule has 0 atom stereocenters. The Hall–Kier alpha value is -3.81. The lowest BCUT2D eigenvalue weighted by Crippen LogP contribution is -2.28. The summed E-state index contributed by atoms with van der Waals surface area (Å²) in [7, 11) is 0. The molecule has 1 amide bonds. The third-order valence-electron chi connectivity index (χ3n) is 4.46. The Balaban J connectivity index is 1.80. The summed E-state index contributed by atoms with van der Waals surface area (Å²) < 4.78 is 6.47. The van der Waals surface area contributed by atoms with E-state index in [1.54, 1.807) is 36.4 Å². The number of anilines is 1. The highest BCUT2D eigenvalue weighted by atomic mass is 16.5. The van der Waals surface area contributed by atoms with E-state index in [-0.39, 0.29) is 23.1 Å². The van der Waals surface area contributed by atoms with Crippen LogP contribution in [0.25, 0.3) is 10.8 Å². The Labute approximate surface area is 178 Å². The van der Waals surface area contributed by atoms with Crippen molar-refractivity contribution in [3.63, 3.8) is 0 Å². The van der Waals surface area contributed by atoms with Crippen LogP contribution in [-0.4, -0.2) is 34.0 Å². The van der Waals surface area contributed by atoms with Crippen molar-refractivity contribution in [2.75, 3.05) is 11.9 Å². The Bertz CT molecular complexity index is 1200. The number of fused-ring (bicyclic) bond motifs is 1. The van der Waals surface area contributed by atoms with E-state index in [1.807, 2.05) is 13.8 Å². The molecule has 8 nitrogen and oxygen atoms in total. The third kappa shape index (κ3) is 5.22. The Morgan fingerprint density at radius 1 is 1.03 bits per heavy atom. The van der Waals surface area contributed by atoms with Crippen LogP contribution in [0.3, 0.4) is 0 Å². The van der Waals surface area contributed by atoms with Gasteiger partial charge in [0, 0.05) is 30.1 Å². The maximum atomic E-state index is 12.7. The summed E-state index contributed by atoms with van der Waals surface area (Å²) in [5.41, 5.74) is 0.606. The average molecular weight is 421 g/mol. The van der Waals surface area contributed by atoms with E-state index >= 15 is 0 Å². The SMILES string of the molecule is CC(=O)Nc1ccc(C(=O)COC(=O)c2nn(CC(C)C)c(=O)c3ccccc23)cc1. The molecule has 2 aromatic carbocycles. The van der Waals surface area contributed by atoms with Crippen molar-refractivity contribution in [1.82, 2.24) is 9.78 Å². The number of amides is 1. The first-order chi connectivity index (χ1) is 14.8. The molecular formula is C23H23N3O5. The number of aromatic nitrogens is 2. The zero-order valence-corrected chi connectivity index (χ0v) is 17.5. The molecule has 0 radical (unpaired) electrons. The van der Waals surface area contributed by atoms with Gasteiger partial charge in [-0.25, -0.2) is 9.48 Å². The van der Waals surface area contributed by atoms with Crippen molar-refractivity contribution in [3.05, 3.63) is 70.1 Å². The molecule has 0 bridgehead atoms. The highest BCUT2D eigenvalue weighted by Crippen LogP contribution is 2.15. The minimum Gasteiger partial charge on any atom is -0.452 e. The number of Topliss-reactive ketones (excluding diaryl/α,β-unsaturated/α-hetero) is 1. The van der Waals surface area contributed by atoms with Crippen molar-refractivity contribution in [2.45, 2.75) is 27.3 Å². The smallest absolute Gasteiger partial charge is 0.359 e. The van der Waals surface area contributed by atoms with Crippen LogP contribution in [0.2, 0.25) is 0 Å². The number of carbonyl (C=O) groups excluding carboxylic acids is 3. The molecule has 0 aliphatic rings. The molecule has 160 valence electrons. The number of ketones is 1. The van der Waals surface area contributed by atoms with Crippen molar-refractivity contribution >= 4 is 34.1 Å². The van der Waals surface area contributed by atoms with Crippen molar-refractivity contribution in [3.8, 4) is 0 Å². The first-order valence-electron chi connectivity index (χ1n) is 9.84. The number of carbonyl (C=O) groups is 3. The molecule has 3 aromatic rings. The lowest BCUT2D eigenvalue weighted by Gasteiger charge is -2.12. The Kier molecular flexibility index (Phi) is 6.59. The average Bonchev–Trinajstić information content (AvgIpc) is 2.73. The van der Waals surface area contributed by atoms with Crippen molar-refractivity contribution in [2.24, 2.45) is 5.92 Å².